The number of aromatic nitrogens is 4. The van der Waals surface area contributed by atoms with Crippen LogP contribution in [-0.2, 0) is 17.8 Å². The average Bonchev–Trinajstić information content (AvgIpc) is 3.15. The van der Waals surface area contributed by atoms with E-state index in [-0.39, 0.29) is 0 Å². The third-order valence-electron chi connectivity index (χ3n) is 6.34. The van der Waals surface area contributed by atoms with E-state index in [1.54, 1.807) is 0 Å². The van der Waals surface area contributed by atoms with Gasteiger partial charge in [-0.05, 0) is 43.2 Å². The van der Waals surface area contributed by atoms with E-state index < -0.39 is 0 Å². The number of benzene rings is 1. The number of hydrogen-bond acceptors (Lipinski definition) is 5. The van der Waals surface area contributed by atoms with Gasteiger partial charge in [-0.25, -0.2) is 4.98 Å². The molecule has 1 fully saturated rings. The summed E-state index contributed by atoms with van der Waals surface area (Å²) in [4.78, 5) is 21.8. The second-order valence-corrected chi connectivity index (χ2v) is 8.16. The van der Waals surface area contributed by atoms with E-state index in [1.165, 1.54) is 11.1 Å². The molecule has 3 aromatic rings. The summed E-state index contributed by atoms with van der Waals surface area (Å²) in [5.74, 6) is 2.50. The van der Waals surface area contributed by atoms with Gasteiger partial charge in [0.05, 0.1) is 0 Å². The van der Waals surface area contributed by atoms with Gasteiger partial charge in [-0.3, -0.25) is 9.20 Å². The summed E-state index contributed by atoms with van der Waals surface area (Å²) < 4.78 is 1.98. The SMILES string of the molecule is Cc1nnc2c(N3CCC(CC(=O)N4CCc5ccccc5C4)CC3)nccn12. The molecule has 1 saturated heterocycles. The highest BCUT2D eigenvalue weighted by Crippen LogP contribution is 2.28. The molecule has 0 bridgehead atoms. The van der Waals surface area contributed by atoms with Crippen LogP contribution >= 0.6 is 0 Å². The second kappa shape index (κ2) is 7.46. The maximum Gasteiger partial charge on any atom is 0.223 e. The first-order valence-corrected chi connectivity index (χ1v) is 10.4. The smallest absolute Gasteiger partial charge is 0.223 e. The van der Waals surface area contributed by atoms with Gasteiger partial charge in [0.2, 0.25) is 11.6 Å². The third-order valence-corrected chi connectivity index (χ3v) is 6.34. The summed E-state index contributed by atoms with van der Waals surface area (Å²) in [6.45, 7) is 5.35. The summed E-state index contributed by atoms with van der Waals surface area (Å²) >= 11 is 0. The number of carbonyl (C=O) groups excluding carboxylic acids is 1. The Morgan fingerprint density at radius 3 is 2.72 bits per heavy atom. The lowest BCUT2D eigenvalue weighted by Gasteiger charge is -2.34. The summed E-state index contributed by atoms with van der Waals surface area (Å²) in [5, 5.41) is 8.46. The van der Waals surface area contributed by atoms with Gasteiger partial charge in [-0.2, -0.15) is 0 Å². The van der Waals surface area contributed by atoms with Crippen LogP contribution in [0.5, 0.6) is 0 Å². The molecular formula is C22H26N6O. The Balaban J connectivity index is 1.20. The van der Waals surface area contributed by atoms with Crippen molar-refractivity contribution in [2.75, 3.05) is 24.5 Å². The highest BCUT2D eigenvalue weighted by Gasteiger charge is 2.27. The second-order valence-electron chi connectivity index (χ2n) is 8.16. The molecule has 0 spiro atoms. The number of fused-ring (bicyclic) bond motifs is 2. The lowest BCUT2D eigenvalue weighted by molar-refractivity contribution is -0.133. The summed E-state index contributed by atoms with van der Waals surface area (Å²) in [7, 11) is 0. The molecule has 0 saturated carbocycles. The fraction of sp³-hybridized carbons (Fsp3) is 0.455. The quantitative estimate of drug-likeness (QED) is 0.688. The van der Waals surface area contributed by atoms with Gasteiger partial charge >= 0.3 is 0 Å². The van der Waals surface area contributed by atoms with E-state index in [4.69, 9.17) is 0 Å². The average molecular weight is 390 g/mol. The van der Waals surface area contributed by atoms with Gasteiger partial charge in [-0.1, -0.05) is 24.3 Å². The van der Waals surface area contributed by atoms with Crippen molar-refractivity contribution in [3.63, 3.8) is 0 Å². The molecule has 7 nitrogen and oxygen atoms in total. The molecule has 0 N–H and O–H groups in total. The first kappa shape index (κ1) is 18.1. The Bertz CT molecular complexity index is 1040. The van der Waals surface area contributed by atoms with Crippen molar-refractivity contribution < 1.29 is 4.79 Å². The molecule has 2 aromatic heterocycles. The van der Waals surface area contributed by atoms with E-state index in [9.17, 15) is 4.79 Å². The van der Waals surface area contributed by atoms with Gasteiger partial charge in [0.25, 0.3) is 0 Å². The number of aryl methyl sites for hydroxylation is 1. The fourth-order valence-electron chi connectivity index (χ4n) is 4.59. The summed E-state index contributed by atoms with van der Waals surface area (Å²) in [6.07, 6.45) is 7.34. The summed E-state index contributed by atoms with van der Waals surface area (Å²) in [6, 6.07) is 8.47. The lowest BCUT2D eigenvalue weighted by atomic mass is 9.92. The van der Waals surface area contributed by atoms with Crippen molar-refractivity contribution in [1.29, 1.82) is 0 Å². The van der Waals surface area contributed by atoms with Gasteiger partial charge in [0.15, 0.2) is 5.82 Å². The standard InChI is InChI=1S/C22H26N6O/c1-16-24-25-22-21(23-9-13-28(16)22)26-10-6-17(7-11-26)14-20(29)27-12-8-18-4-2-3-5-19(18)15-27/h2-5,9,13,17H,6-8,10-12,14-15H2,1H3. The minimum absolute atomic E-state index is 0.297. The van der Waals surface area contributed by atoms with Crippen LogP contribution in [0.2, 0.25) is 0 Å². The number of rotatable bonds is 3. The van der Waals surface area contributed by atoms with E-state index in [0.29, 0.717) is 18.2 Å². The van der Waals surface area contributed by atoms with E-state index in [1.807, 2.05) is 28.6 Å². The molecular weight excluding hydrogens is 364 g/mol. The van der Waals surface area contributed by atoms with Gasteiger partial charge in [-0.15, -0.1) is 10.2 Å². The highest BCUT2D eigenvalue weighted by molar-refractivity contribution is 5.77. The Kier molecular flexibility index (Phi) is 4.66. The zero-order chi connectivity index (χ0) is 19.8. The van der Waals surface area contributed by atoms with Crippen LogP contribution in [0.3, 0.4) is 0 Å². The molecule has 2 aliphatic heterocycles. The van der Waals surface area contributed by atoms with Crippen LogP contribution in [-0.4, -0.2) is 50.0 Å². The zero-order valence-corrected chi connectivity index (χ0v) is 16.8. The normalized spacial score (nSPS) is 17.6. The van der Waals surface area contributed by atoms with Gasteiger partial charge < -0.3 is 9.80 Å². The van der Waals surface area contributed by atoms with Crippen LogP contribution in [0.4, 0.5) is 5.82 Å². The van der Waals surface area contributed by atoms with Crippen LogP contribution in [0.25, 0.3) is 5.65 Å². The molecule has 0 radical (unpaired) electrons. The van der Waals surface area contributed by atoms with E-state index in [0.717, 1.165) is 62.7 Å². The van der Waals surface area contributed by atoms with Crippen LogP contribution < -0.4 is 4.90 Å². The molecule has 1 aromatic carbocycles. The third kappa shape index (κ3) is 3.45. The number of anilines is 1. The van der Waals surface area contributed by atoms with Crippen molar-refractivity contribution in [3.8, 4) is 0 Å². The first-order valence-electron chi connectivity index (χ1n) is 10.4. The monoisotopic (exact) mass is 390 g/mol. The zero-order valence-electron chi connectivity index (χ0n) is 16.8. The van der Waals surface area contributed by atoms with Crippen molar-refractivity contribution in [3.05, 3.63) is 53.6 Å². The van der Waals surface area contributed by atoms with Gasteiger partial charge in [0, 0.05) is 45.0 Å². The molecule has 0 atom stereocenters. The Hall–Kier alpha value is -2.96. The Labute approximate surface area is 170 Å². The predicted molar refractivity (Wildman–Crippen MR) is 111 cm³/mol. The Morgan fingerprint density at radius 2 is 1.90 bits per heavy atom. The molecule has 7 heteroatoms. The maximum absolute atomic E-state index is 12.9. The van der Waals surface area contributed by atoms with Crippen molar-refractivity contribution in [1.82, 2.24) is 24.5 Å². The topological polar surface area (TPSA) is 66.6 Å². The van der Waals surface area contributed by atoms with Crippen molar-refractivity contribution in [2.45, 2.75) is 39.2 Å². The largest absolute Gasteiger partial charge is 0.353 e. The number of amides is 1. The lowest BCUT2D eigenvalue weighted by Crippen LogP contribution is -2.39. The number of piperidine rings is 1. The molecule has 4 heterocycles. The van der Waals surface area contributed by atoms with Crippen molar-refractivity contribution >= 4 is 17.4 Å². The Morgan fingerprint density at radius 1 is 1.10 bits per heavy atom. The minimum Gasteiger partial charge on any atom is -0.353 e. The molecule has 2 aliphatic rings. The van der Waals surface area contributed by atoms with Crippen LogP contribution in [0.1, 0.15) is 36.2 Å². The first-order chi connectivity index (χ1) is 14.2. The summed E-state index contributed by atoms with van der Waals surface area (Å²) in [5.41, 5.74) is 3.49. The fourth-order valence-corrected chi connectivity index (χ4v) is 4.59. The maximum atomic E-state index is 12.9. The van der Waals surface area contributed by atoms with Crippen LogP contribution in [0, 0.1) is 12.8 Å². The number of nitrogens with zero attached hydrogens (tertiary/aromatic N) is 6. The highest BCUT2D eigenvalue weighted by atomic mass is 16.2. The molecule has 150 valence electrons. The molecule has 0 unspecified atom stereocenters. The van der Waals surface area contributed by atoms with E-state index in [2.05, 4.69) is 44.3 Å². The van der Waals surface area contributed by atoms with E-state index >= 15 is 0 Å². The molecule has 1 amide bonds. The molecule has 29 heavy (non-hydrogen) atoms. The molecule has 5 rings (SSSR count). The predicted octanol–water partition coefficient (Wildman–Crippen LogP) is 2.62. The minimum atomic E-state index is 0.297. The van der Waals surface area contributed by atoms with Gasteiger partial charge in [0.1, 0.15) is 5.82 Å². The number of hydrogen-bond donors (Lipinski definition) is 0. The molecule has 0 aliphatic carbocycles. The van der Waals surface area contributed by atoms with Crippen LogP contribution in [0.15, 0.2) is 36.7 Å². The number of carbonyl (C=O) groups is 1. The van der Waals surface area contributed by atoms with Crippen molar-refractivity contribution in [2.24, 2.45) is 5.92 Å².